The molecule has 0 spiro atoms. The molecule has 0 heterocycles. The van der Waals surface area contributed by atoms with E-state index in [-0.39, 0.29) is 13.0 Å². The molecule has 0 saturated heterocycles. The number of aliphatic hydroxyl groups excluding tert-OH is 1. The van der Waals surface area contributed by atoms with E-state index in [2.05, 4.69) is 9.68 Å². The summed E-state index contributed by atoms with van der Waals surface area (Å²) >= 11 is 0. The van der Waals surface area contributed by atoms with E-state index in [1.165, 1.54) is 0 Å². The number of rotatable bonds is 11. The number of hydrogen-bond donors (Lipinski definition) is 2. The fourth-order valence-corrected chi connectivity index (χ4v) is 1.33. The molecule has 2 N–H and O–H groups in total. The normalized spacial score (nSPS) is 11.0. The molecule has 0 aliphatic heterocycles. The second-order valence-corrected chi connectivity index (χ2v) is 3.58. The van der Waals surface area contributed by atoms with Crippen LogP contribution in [0, 0.1) is 20.2 Å². The first-order valence-corrected chi connectivity index (χ1v) is 5.40. The molecule has 0 aliphatic carbocycles. The minimum absolute atomic E-state index is 0.0821. The van der Waals surface area contributed by atoms with Crippen LogP contribution in [0.5, 0.6) is 0 Å². The van der Waals surface area contributed by atoms with E-state index in [1.807, 2.05) is 0 Å². The average Bonchev–Trinajstić information content (AvgIpc) is 2.20. The zero-order valence-electron chi connectivity index (χ0n) is 9.69. The molecule has 0 fully saturated rings. The molecule has 0 bridgehead atoms. The van der Waals surface area contributed by atoms with Crippen molar-refractivity contribution in [1.82, 2.24) is 0 Å². The SMILES string of the molecule is O=[N+]([O-])OC(O)(CCCCCCCO)O[N+](=O)[O-]. The Hall–Kier alpha value is -1.68. The molecule has 0 unspecified atom stereocenters. The van der Waals surface area contributed by atoms with Crippen molar-refractivity contribution < 1.29 is 30.1 Å². The zero-order chi connectivity index (χ0) is 14.0. The van der Waals surface area contributed by atoms with Crippen molar-refractivity contribution >= 4 is 0 Å². The highest BCUT2D eigenvalue weighted by Crippen LogP contribution is 2.19. The summed E-state index contributed by atoms with van der Waals surface area (Å²) in [5.74, 6) is -2.86. The van der Waals surface area contributed by atoms with Crippen molar-refractivity contribution in [3.63, 3.8) is 0 Å². The van der Waals surface area contributed by atoms with Crippen LogP contribution in [-0.2, 0) is 9.68 Å². The predicted molar refractivity (Wildman–Crippen MR) is 55.9 cm³/mol. The first-order chi connectivity index (χ1) is 8.39. The Balaban J connectivity index is 4.01. The molecule has 0 aliphatic rings. The van der Waals surface area contributed by atoms with Gasteiger partial charge >= 0.3 is 5.97 Å². The summed E-state index contributed by atoms with van der Waals surface area (Å²) in [5.41, 5.74) is 0. The topological polar surface area (TPSA) is 145 Å². The van der Waals surface area contributed by atoms with Gasteiger partial charge in [0.15, 0.2) is 0 Å². The van der Waals surface area contributed by atoms with Gasteiger partial charge in [-0.25, -0.2) is 9.68 Å². The third-order valence-electron chi connectivity index (χ3n) is 2.09. The lowest BCUT2D eigenvalue weighted by Crippen LogP contribution is -2.39. The van der Waals surface area contributed by atoms with Gasteiger partial charge < -0.3 is 10.2 Å². The highest BCUT2D eigenvalue weighted by Gasteiger charge is 2.35. The molecule has 0 rings (SSSR count). The predicted octanol–water partition coefficient (Wildman–Crippen LogP) is 0.382. The van der Waals surface area contributed by atoms with Crippen LogP contribution in [0.2, 0.25) is 0 Å². The molecule has 10 heteroatoms. The summed E-state index contributed by atoms with van der Waals surface area (Å²) in [7, 11) is 0. The summed E-state index contributed by atoms with van der Waals surface area (Å²) < 4.78 is 0. The van der Waals surface area contributed by atoms with E-state index < -0.39 is 22.6 Å². The average molecular weight is 268 g/mol. The Morgan fingerprint density at radius 1 is 0.944 bits per heavy atom. The molecular formula is C8H16N2O8. The summed E-state index contributed by atoms with van der Waals surface area (Å²) in [6.07, 6.45) is 2.57. The Kier molecular flexibility index (Phi) is 7.63. The van der Waals surface area contributed by atoms with Gasteiger partial charge in [-0.2, -0.15) is 0 Å². The van der Waals surface area contributed by atoms with Crippen LogP contribution in [0.3, 0.4) is 0 Å². The third kappa shape index (κ3) is 8.47. The number of hydrogen-bond acceptors (Lipinski definition) is 8. The van der Waals surface area contributed by atoms with Crippen molar-refractivity contribution in [2.24, 2.45) is 0 Å². The number of unbranched alkanes of at least 4 members (excludes halogenated alkanes) is 4. The van der Waals surface area contributed by atoms with Crippen LogP contribution in [0.4, 0.5) is 0 Å². The Morgan fingerprint density at radius 3 is 1.83 bits per heavy atom. The first-order valence-electron chi connectivity index (χ1n) is 5.40. The summed E-state index contributed by atoms with van der Waals surface area (Å²) in [5, 5.41) is 35.3. The number of aliphatic hydroxyl groups is 2. The second-order valence-electron chi connectivity index (χ2n) is 3.58. The lowest BCUT2D eigenvalue weighted by atomic mass is 10.1. The molecule has 0 aromatic carbocycles. The van der Waals surface area contributed by atoms with Crippen LogP contribution in [0.15, 0.2) is 0 Å². The summed E-state index contributed by atoms with van der Waals surface area (Å²) in [4.78, 5) is 27.6. The molecule has 0 amide bonds. The Bertz CT molecular complexity index is 256. The monoisotopic (exact) mass is 268 g/mol. The van der Waals surface area contributed by atoms with Gasteiger partial charge in [-0.3, -0.25) is 0 Å². The molecule has 0 atom stereocenters. The Labute approximate surface area is 102 Å². The van der Waals surface area contributed by atoms with Crippen molar-refractivity contribution in [3.05, 3.63) is 20.2 Å². The Morgan fingerprint density at radius 2 is 1.39 bits per heavy atom. The first kappa shape index (κ1) is 16.3. The van der Waals surface area contributed by atoms with E-state index in [4.69, 9.17) is 5.11 Å². The van der Waals surface area contributed by atoms with Crippen molar-refractivity contribution in [1.29, 1.82) is 0 Å². The van der Waals surface area contributed by atoms with Gasteiger partial charge in [0.1, 0.15) is 0 Å². The van der Waals surface area contributed by atoms with Crippen molar-refractivity contribution in [2.75, 3.05) is 6.61 Å². The van der Waals surface area contributed by atoms with Gasteiger partial charge in [-0.1, -0.05) is 19.3 Å². The van der Waals surface area contributed by atoms with Crippen LogP contribution in [0.1, 0.15) is 38.5 Å². The maximum Gasteiger partial charge on any atom is 0.364 e. The third-order valence-corrected chi connectivity index (χ3v) is 2.09. The van der Waals surface area contributed by atoms with Crippen LogP contribution < -0.4 is 0 Å². The maximum atomic E-state index is 10.1. The standard InChI is InChI=1S/C8H16N2O8/c11-7-5-3-1-2-4-6-8(12,17-9(13)14)18-10(15)16/h11-12H,1-7H2. The largest absolute Gasteiger partial charge is 0.396 e. The summed E-state index contributed by atoms with van der Waals surface area (Å²) in [6, 6.07) is 0. The lowest BCUT2D eigenvalue weighted by Gasteiger charge is -2.22. The van der Waals surface area contributed by atoms with E-state index in [1.54, 1.807) is 0 Å². The van der Waals surface area contributed by atoms with Gasteiger partial charge in [-0.15, -0.1) is 20.2 Å². The molecule has 0 aromatic rings. The highest BCUT2D eigenvalue weighted by molar-refractivity contribution is 4.52. The fourth-order valence-electron chi connectivity index (χ4n) is 1.33. The molecule has 0 radical (unpaired) electrons. The maximum absolute atomic E-state index is 10.1. The molecule has 106 valence electrons. The highest BCUT2D eigenvalue weighted by atomic mass is 17.1. The van der Waals surface area contributed by atoms with E-state index >= 15 is 0 Å². The fraction of sp³-hybridized carbons (Fsp3) is 1.00. The van der Waals surface area contributed by atoms with E-state index in [0.717, 1.165) is 12.8 Å². The molecule has 0 aromatic heterocycles. The quantitative estimate of drug-likeness (QED) is 0.237. The minimum Gasteiger partial charge on any atom is -0.396 e. The molecule has 18 heavy (non-hydrogen) atoms. The second kappa shape index (κ2) is 8.42. The van der Waals surface area contributed by atoms with Crippen LogP contribution >= 0.6 is 0 Å². The van der Waals surface area contributed by atoms with Crippen LogP contribution in [-0.4, -0.2) is 33.0 Å². The van der Waals surface area contributed by atoms with Crippen molar-refractivity contribution in [3.8, 4) is 0 Å². The zero-order valence-corrected chi connectivity index (χ0v) is 9.69. The molecular weight excluding hydrogens is 252 g/mol. The number of nitrogens with zero attached hydrogens (tertiary/aromatic N) is 2. The van der Waals surface area contributed by atoms with Gasteiger partial charge in [0, 0.05) is 13.0 Å². The van der Waals surface area contributed by atoms with Gasteiger partial charge in [0.05, 0.1) is 0 Å². The van der Waals surface area contributed by atoms with E-state index in [0.29, 0.717) is 12.8 Å². The molecule has 0 saturated carbocycles. The van der Waals surface area contributed by atoms with E-state index in [9.17, 15) is 25.3 Å². The molecule has 10 nitrogen and oxygen atoms in total. The van der Waals surface area contributed by atoms with Crippen molar-refractivity contribution in [2.45, 2.75) is 44.5 Å². The van der Waals surface area contributed by atoms with Gasteiger partial charge in [0.25, 0.3) is 10.2 Å². The summed E-state index contributed by atoms with van der Waals surface area (Å²) in [6.45, 7) is 0.0821. The smallest absolute Gasteiger partial charge is 0.364 e. The van der Waals surface area contributed by atoms with Gasteiger partial charge in [-0.05, 0) is 12.8 Å². The lowest BCUT2D eigenvalue weighted by molar-refractivity contribution is -0.894. The minimum atomic E-state index is -2.86. The van der Waals surface area contributed by atoms with Gasteiger partial charge in [0.2, 0.25) is 0 Å². The van der Waals surface area contributed by atoms with Crippen LogP contribution in [0.25, 0.3) is 0 Å².